The second-order valence-electron chi connectivity index (χ2n) is 4.82. The average Bonchev–Trinajstić information content (AvgIpc) is 2.58. The average molecular weight is 334 g/mol. The monoisotopic (exact) mass is 334 g/mol. The van der Waals surface area contributed by atoms with Crippen LogP contribution in [0.4, 0.5) is 8.78 Å². The molecule has 2 aromatic rings. The van der Waals surface area contributed by atoms with Crippen LogP contribution in [0.25, 0.3) is 0 Å². The van der Waals surface area contributed by atoms with Gasteiger partial charge in [0.05, 0.1) is 13.1 Å². The van der Waals surface area contributed by atoms with Crippen LogP contribution in [0.3, 0.4) is 0 Å². The minimum Gasteiger partial charge on any atom is -0.489 e. The number of hydrogen-bond donors (Lipinski definition) is 2. The van der Waals surface area contributed by atoms with E-state index in [1.54, 1.807) is 12.1 Å². The van der Waals surface area contributed by atoms with E-state index in [0.29, 0.717) is 0 Å². The van der Waals surface area contributed by atoms with Crippen molar-refractivity contribution in [3.05, 3.63) is 65.7 Å². The lowest BCUT2D eigenvalue weighted by atomic mass is 10.2. The first kappa shape index (κ1) is 17.4. The predicted octanol–water partition coefficient (Wildman–Crippen LogP) is 1.89. The number of hydrogen-bond acceptors (Lipinski definition) is 3. The molecule has 126 valence electrons. The van der Waals surface area contributed by atoms with Gasteiger partial charge in [0, 0.05) is 5.56 Å². The third kappa shape index (κ3) is 5.35. The summed E-state index contributed by atoms with van der Waals surface area (Å²) in [5.74, 6) is -1.71. The van der Waals surface area contributed by atoms with Crippen LogP contribution in [0, 0.1) is 11.6 Å². The van der Waals surface area contributed by atoms with Gasteiger partial charge in [0.25, 0.3) is 5.91 Å². The molecule has 0 atom stereocenters. The Bertz CT molecular complexity index is 705. The predicted molar refractivity (Wildman–Crippen MR) is 83.6 cm³/mol. The maximum Gasteiger partial charge on any atom is 0.251 e. The molecule has 0 aromatic heterocycles. The molecule has 2 N–H and O–H groups in total. The van der Waals surface area contributed by atoms with Crippen molar-refractivity contribution in [3.8, 4) is 5.75 Å². The Morgan fingerprint density at radius 3 is 2.38 bits per heavy atom. The highest BCUT2D eigenvalue weighted by Crippen LogP contribution is 2.14. The highest BCUT2D eigenvalue weighted by molar-refractivity contribution is 5.96. The number of halogens is 2. The van der Waals surface area contributed by atoms with E-state index in [9.17, 15) is 18.4 Å². The summed E-state index contributed by atoms with van der Waals surface area (Å²) in [5.41, 5.74) is 0.257. The lowest BCUT2D eigenvalue weighted by molar-refractivity contribution is -0.120. The first-order chi connectivity index (χ1) is 11.6. The van der Waals surface area contributed by atoms with E-state index in [1.807, 2.05) is 0 Å². The van der Waals surface area contributed by atoms with Gasteiger partial charge in [-0.15, -0.1) is 0 Å². The van der Waals surface area contributed by atoms with Crippen LogP contribution in [-0.4, -0.2) is 31.5 Å². The van der Waals surface area contributed by atoms with Crippen LogP contribution in [0.15, 0.2) is 48.5 Å². The Hall–Kier alpha value is -2.96. The molecule has 0 heterocycles. The minimum absolute atomic E-state index is 0.0958. The molecular formula is C17H16F2N2O3. The number of carbonyl (C=O) groups is 2. The topological polar surface area (TPSA) is 67.4 Å². The van der Waals surface area contributed by atoms with Gasteiger partial charge in [0.2, 0.25) is 5.91 Å². The maximum atomic E-state index is 13.3. The molecule has 0 aliphatic carbocycles. The summed E-state index contributed by atoms with van der Waals surface area (Å²) in [4.78, 5) is 23.3. The fourth-order valence-electron chi connectivity index (χ4n) is 1.84. The molecule has 7 heteroatoms. The molecule has 0 saturated heterocycles. The van der Waals surface area contributed by atoms with E-state index in [-0.39, 0.29) is 31.0 Å². The molecule has 24 heavy (non-hydrogen) atoms. The van der Waals surface area contributed by atoms with Crippen LogP contribution in [-0.2, 0) is 4.79 Å². The third-order valence-corrected chi connectivity index (χ3v) is 3.03. The SMILES string of the molecule is O=C(CNC(=O)c1ccc(F)cc1)NCCOc1ccccc1F. The molecule has 0 aliphatic heterocycles. The number of para-hydroxylation sites is 1. The lowest BCUT2D eigenvalue weighted by Crippen LogP contribution is -2.38. The molecule has 0 saturated carbocycles. The van der Waals surface area contributed by atoms with E-state index in [0.717, 1.165) is 12.1 Å². The quantitative estimate of drug-likeness (QED) is 0.760. The van der Waals surface area contributed by atoms with Crippen molar-refractivity contribution < 1.29 is 23.1 Å². The van der Waals surface area contributed by atoms with Crippen LogP contribution < -0.4 is 15.4 Å². The summed E-state index contributed by atoms with van der Waals surface area (Å²) in [6.07, 6.45) is 0. The highest BCUT2D eigenvalue weighted by atomic mass is 19.1. The van der Waals surface area contributed by atoms with Gasteiger partial charge in [0.15, 0.2) is 11.6 Å². The standard InChI is InChI=1S/C17H16F2N2O3/c18-13-7-5-12(6-8-13)17(23)21-11-16(22)20-9-10-24-15-4-2-1-3-14(15)19/h1-8H,9-11H2,(H,20,22)(H,21,23). The first-order valence-corrected chi connectivity index (χ1v) is 7.24. The Balaban J connectivity index is 1.65. The number of benzene rings is 2. The first-order valence-electron chi connectivity index (χ1n) is 7.24. The van der Waals surface area contributed by atoms with Crippen LogP contribution >= 0.6 is 0 Å². The summed E-state index contributed by atoms with van der Waals surface area (Å²) in [7, 11) is 0. The van der Waals surface area contributed by atoms with Gasteiger partial charge in [-0.3, -0.25) is 9.59 Å². The Labute approximate surface area is 137 Å². The largest absolute Gasteiger partial charge is 0.489 e. The van der Waals surface area contributed by atoms with Crippen molar-refractivity contribution in [2.24, 2.45) is 0 Å². The molecule has 0 spiro atoms. The zero-order chi connectivity index (χ0) is 17.4. The van der Waals surface area contributed by atoms with Gasteiger partial charge in [-0.2, -0.15) is 0 Å². The molecule has 0 fully saturated rings. The maximum absolute atomic E-state index is 13.3. The molecule has 0 aliphatic rings. The number of ether oxygens (including phenoxy) is 1. The van der Waals surface area contributed by atoms with Crippen molar-refractivity contribution in [3.63, 3.8) is 0 Å². The molecular weight excluding hydrogens is 318 g/mol. The van der Waals surface area contributed by atoms with Crippen molar-refractivity contribution in [2.75, 3.05) is 19.7 Å². The van der Waals surface area contributed by atoms with Crippen LogP contribution in [0.5, 0.6) is 5.75 Å². The van der Waals surface area contributed by atoms with Gasteiger partial charge in [-0.1, -0.05) is 12.1 Å². The second-order valence-corrected chi connectivity index (χ2v) is 4.82. The van der Waals surface area contributed by atoms with E-state index in [1.165, 1.54) is 24.3 Å². The number of rotatable bonds is 7. The van der Waals surface area contributed by atoms with Crippen molar-refractivity contribution >= 4 is 11.8 Å². The van der Waals surface area contributed by atoms with Crippen LogP contribution in [0.2, 0.25) is 0 Å². The highest BCUT2D eigenvalue weighted by Gasteiger charge is 2.08. The number of nitrogens with one attached hydrogen (secondary N) is 2. The second kappa shape index (κ2) is 8.61. The molecule has 0 radical (unpaired) electrons. The Kier molecular flexibility index (Phi) is 6.24. The van der Waals surface area contributed by atoms with E-state index < -0.39 is 23.4 Å². The fourth-order valence-corrected chi connectivity index (χ4v) is 1.84. The zero-order valence-electron chi connectivity index (χ0n) is 12.7. The molecule has 0 bridgehead atoms. The molecule has 2 rings (SSSR count). The molecule has 5 nitrogen and oxygen atoms in total. The minimum atomic E-state index is -0.479. The van der Waals surface area contributed by atoms with Crippen molar-refractivity contribution in [1.29, 1.82) is 0 Å². The number of amides is 2. The zero-order valence-corrected chi connectivity index (χ0v) is 12.7. The normalized spacial score (nSPS) is 10.1. The lowest BCUT2D eigenvalue weighted by Gasteiger charge is -2.09. The van der Waals surface area contributed by atoms with Gasteiger partial charge in [0.1, 0.15) is 12.4 Å². The van der Waals surface area contributed by atoms with E-state index >= 15 is 0 Å². The number of carbonyl (C=O) groups excluding carboxylic acids is 2. The van der Waals surface area contributed by atoms with Gasteiger partial charge >= 0.3 is 0 Å². The molecule has 2 aromatic carbocycles. The van der Waals surface area contributed by atoms with E-state index in [4.69, 9.17) is 4.74 Å². The van der Waals surface area contributed by atoms with Crippen molar-refractivity contribution in [2.45, 2.75) is 0 Å². The van der Waals surface area contributed by atoms with Crippen molar-refractivity contribution in [1.82, 2.24) is 10.6 Å². The summed E-state index contributed by atoms with van der Waals surface area (Å²) in [6, 6.07) is 10.9. The summed E-state index contributed by atoms with van der Waals surface area (Å²) >= 11 is 0. The molecule has 0 unspecified atom stereocenters. The summed E-state index contributed by atoms with van der Waals surface area (Å²) < 4.78 is 31.2. The summed E-state index contributed by atoms with van der Waals surface area (Å²) in [6.45, 7) is 0.0358. The summed E-state index contributed by atoms with van der Waals surface area (Å²) in [5, 5.41) is 4.94. The van der Waals surface area contributed by atoms with Gasteiger partial charge in [-0.25, -0.2) is 8.78 Å². The fraction of sp³-hybridized carbons (Fsp3) is 0.176. The molecule has 2 amide bonds. The van der Waals surface area contributed by atoms with Crippen LogP contribution in [0.1, 0.15) is 10.4 Å². The Morgan fingerprint density at radius 1 is 0.958 bits per heavy atom. The third-order valence-electron chi connectivity index (χ3n) is 3.03. The smallest absolute Gasteiger partial charge is 0.251 e. The van der Waals surface area contributed by atoms with Gasteiger partial charge < -0.3 is 15.4 Å². The van der Waals surface area contributed by atoms with Gasteiger partial charge in [-0.05, 0) is 36.4 Å². The van der Waals surface area contributed by atoms with E-state index in [2.05, 4.69) is 10.6 Å². The Morgan fingerprint density at radius 2 is 1.67 bits per heavy atom.